The molecule has 12 nitrogen and oxygen atoms in total. The first-order chi connectivity index (χ1) is 17.0. The molecule has 2 amide bonds. The molecule has 14 heteroatoms. The summed E-state index contributed by atoms with van der Waals surface area (Å²) < 4.78 is 10.4. The van der Waals surface area contributed by atoms with Gasteiger partial charge in [0.05, 0.1) is 11.8 Å². The van der Waals surface area contributed by atoms with Crippen LogP contribution in [-0.4, -0.2) is 62.0 Å². The summed E-state index contributed by atoms with van der Waals surface area (Å²) >= 11 is 0. The molecular weight excluding hydrogens is 522 g/mol. The number of ether oxygens (including phenoxy) is 2. The van der Waals surface area contributed by atoms with Crippen molar-refractivity contribution in [3.63, 3.8) is 0 Å². The fourth-order valence-corrected chi connectivity index (χ4v) is 3.87. The summed E-state index contributed by atoms with van der Waals surface area (Å²) in [7, 11) is 0. The molecule has 0 aliphatic rings. The molecule has 0 saturated carbocycles. The van der Waals surface area contributed by atoms with E-state index in [0.29, 0.717) is 12.8 Å². The number of hydrogen-bond donors (Lipinski definition) is 2. The van der Waals surface area contributed by atoms with Crippen LogP contribution < -0.4 is 80.0 Å². The van der Waals surface area contributed by atoms with Crippen LogP contribution in [-0.2, 0) is 38.2 Å². The Kier molecular flexibility index (Phi) is 25.7. The van der Waals surface area contributed by atoms with E-state index in [1.807, 2.05) is 0 Å². The number of nitrogens with one attached hydrogen (secondary N) is 2. The first kappa shape index (κ1) is 41.3. The Labute approximate surface area is 268 Å². The van der Waals surface area contributed by atoms with Gasteiger partial charge >= 0.3 is 71.1 Å². The average Bonchev–Trinajstić information content (AvgIpc) is 2.81. The fraction of sp³-hybridized carbons (Fsp3) is 0.750. The zero-order valence-electron chi connectivity index (χ0n) is 23.4. The molecule has 6 atom stereocenters. The van der Waals surface area contributed by atoms with Crippen LogP contribution in [0.15, 0.2) is 0 Å². The third kappa shape index (κ3) is 17.4. The number of carbonyl (C=O) groups is 6. The molecule has 6 unspecified atom stereocenters. The Hall–Kier alpha value is -1.18. The van der Waals surface area contributed by atoms with Gasteiger partial charge in [0.1, 0.15) is 13.2 Å². The Morgan fingerprint density at radius 3 is 1.21 bits per heavy atom. The van der Waals surface area contributed by atoms with Crippen LogP contribution in [0.2, 0.25) is 0 Å². The van der Waals surface area contributed by atoms with Crippen molar-refractivity contribution in [1.29, 1.82) is 0 Å². The summed E-state index contributed by atoms with van der Waals surface area (Å²) in [6.07, 6.45) is 1.69. The molecule has 0 aliphatic heterocycles. The zero-order chi connectivity index (χ0) is 27.7. The molecule has 0 fully saturated rings. The Bertz CT molecular complexity index is 681. The Morgan fingerprint density at radius 1 is 0.658 bits per heavy atom. The molecule has 0 saturated heterocycles. The molecule has 0 aromatic carbocycles. The van der Waals surface area contributed by atoms with Gasteiger partial charge in [-0.2, -0.15) is 0 Å². The van der Waals surface area contributed by atoms with Crippen LogP contribution in [0.5, 0.6) is 0 Å². The van der Waals surface area contributed by atoms with Gasteiger partial charge in [-0.25, -0.2) is 0 Å². The molecule has 0 bridgehead atoms. The van der Waals surface area contributed by atoms with Crippen LogP contribution in [0.25, 0.3) is 0 Å². The van der Waals surface area contributed by atoms with E-state index in [0.717, 1.165) is 0 Å². The van der Waals surface area contributed by atoms with Crippen molar-refractivity contribution in [2.45, 2.75) is 78.3 Å². The fourth-order valence-electron chi connectivity index (χ4n) is 3.87. The molecule has 0 rings (SSSR count). The number of rotatable bonds is 21. The zero-order valence-corrected chi connectivity index (χ0v) is 27.4. The second kappa shape index (κ2) is 23.7. The predicted molar refractivity (Wildman–Crippen MR) is 122 cm³/mol. The van der Waals surface area contributed by atoms with Gasteiger partial charge in [0.15, 0.2) is 0 Å². The van der Waals surface area contributed by atoms with Gasteiger partial charge in [0.2, 0.25) is 12.8 Å². The second-order valence-corrected chi connectivity index (χ2v) is 8.89. The second-order valence-electron chi connectivity index (χ2n) is 8.89. The number of amides is 2. The van der Waals surface area contributed by atoms with Crippen molar-refractivity contribution in [3.8, 4) is 0 Å². The number of aliphatic carboxylic acids is 2. The molecule has 0 aliphatic carbocycles. The standard InChI is InChI=1S/C24H40N2O10.2Na/c1-5-17(21(29)30)11-19(9-15(3)25-13-27)23(33)35-7-8-36-24(34)20(10-16(4)26-14-28)12-18(6-2)22(31)32;;/h13-20H,5-12H2,1-4H3,(H,25,27)(H,26,28)(H,29,30)(H,31,32);;/q;2*+1/p-2. The van der Waals surface area contributed by atoms with Crippen LogP contribution >= 0.6 is 0 Å². The van der Waals surface area contributed by atoms with E-state index in [1.165, 1.54) is 0 Å². The molecule has 2 N–H and O–H groups in total. The van der Waals surface area contributed by atoms with E-state index >= 15 is 0 Å². The van der Waals surface area contributed by atoms with Gasteiger partial charge in [-0.1, -0.05) is 13.8 Å². The van der Waals surface area contributed by atoms with Gasteiger partial charge in [0.25, 0.3) is 0 Å². The molecule has 0 aromatic heterocycles. The van der Waals surface area contributed by atoms with Crippen LogP contribution in [0.3, 0.4) is 0 Å². The maximum atomic E-state index is 12.6. The predicted octanol–water partition coefficient (Wildman–Crippen LogP) is -7.31. The molecule has 38 heavy (non-hydrogen) atoms. The van der Waals surface area contributed by atoms with Crippen LogP contribution in [0.1, 0.15) is 66.2 Å². The van der Waals surface area contributed by atoms with Crippen molar-refractivity contribution in [1.82, 2.24) is 10.6 Å². The van der Waals surface area contributed by atoms with Gasteiger partial charge in [-0.3, -0.25) is 19.2 Å². The van der Waals surface area contributed by atoms with Crippen molar-refractivity contribution in [2.24, 2.45) is 23.7 Å². The summed E-state index contributed by atoms with van der Waals surface area (Å²) in [5, 5.41) is 27.6. The van der Waals surface area contributed by atoms with Crippen LogP contribution in [0.4, 0.5) is 0 Å². The largest absolute Gasteiger partial charge is 1.00 e. The average molecular weight is 561 g/mol. The van der Waals surface area contributed by atoms with Crippen LogP contribution in [0, 0.1) is 23.7 Å². The number of carboxylic acid groups (broad SMARTS) is 2. The summed E-state index contributed by atoms with van der Waals surface area (Å²) in [5.41, 5.74) is 0. The minimum absolute atomic E-state index is 0. The van der Waals surface area contributed by atoms with E-state index in [2.05, 4.69) is 10.6 Å². The van der Waals surface area contributed by atoms with Gasteiger partial charge in [-0.15, -0.1) is 0 Å². The van der Waals surface area contributed by atoms with E-state index < -0.39 is 59.6 Å². The van der Waals surface area contributed by atoms with Crippen molar-refractivity contribution in [2.75, 3.05) is 13.2 Å². The summed E-state index contributed by atoms with van der Waals surface area (Å²) in [4.78, 5) is 69.2. The van der Waals surface area contributed by atoms with E-state index in [-0.39, 0.29) is 111 Å². The molecule has 0 radical (unpaired) electrons. The number of carbonyl (C=O) groups excluding carboxylic acids is 6. The molecule has 206 valence electrons. The van der Waals surface area contributed by atoms with Gasteiger partial charge in [0, 0.05) is 24.0 Å². The molecule has 0 spiro atoms. The van der Waals surface area contributed by atoms with Gasteiger partial charge in [-0.05, 0) is 64.2 Å². The number of esters is 2. The van der Waals surface area contributed by atoms with E-state index in [9.17, 15) is 39.0 Å². The summed E-state index contributed by atoms with van der Waals surface area (Å²) in [6, 6.07) is -0.815. The Morgan fingerprint density at radius 2 is 0.974 bits per heavy atom. The minimum Gasteiger partial charge on any atom is -0.550 e. The molecule has 0 heterocycles. The first-order valence-corrected chi connectivity index (χ1v) is 12.1. The minimum atomic E-state index is -1.29. The normalized spacial score (nSPS) is 14.9. The maximum Gasteiger partial charge on any atom is 1.00 e. The summed E-state index contributed by atoms with van der Waals surface area (Å²) in [6.45, 7) is 6.03. The summed E-state index contributed by atoms with van der Waals surface area (Å²) in [5.74, 6) is -7.38. The van der Waals surface area contributed by atoms with E-state index in [4.69, 9.17) is 9.47 Å². The maximum absolute atomic E-state index is 12.6. The van der Waals surface area contributed by atoms with Gasteiger partial charge < -0.3 is 39.9 Å². The number of hydrogen-bond acceptors (Lipinski definition) is 10. The quantitative estimate of drug-likeness (QED) is 0.0590. The van der Waals surface area contributed by atoms with Crippen molar-refractivity contribution in [3.05, 3.63) is 0 Å². The molecule has 0 aromatic rings. The third-order valence-electron chi connectivity index (χ3n) is 6.01. The smallest absolute Gasteiger partial charge is 0.550 e. The number of carboxylic acids is 2. The van der Waals surface area contributed by atoms with E-state index in [1.54, 1.807) is 27.7 Å². The molecular formula is C24H38N2Na2O10. The first-order valence-electron chi connectivity index (χ1n) is 12.1. The Balaban J connectivity index is -0.00000612. The third-order valence-corrected chi connectivity index (χ3v) is 6.01. The van der Waals surface area contributed by atoms with Crippen molar-refractivity contribution >= 4 is 36.7 Å². The van der Waals surface area contributed by atoms with Crippen molar-refractivity contribution < 1.29 is 108 Å². The SMILES string of the molecule is CCC(CC(CC(C)NC=O)C(=O)OCCOC(=O)C(CC(C)NC=O)CC(CC)C(=O)[O-])C(=O)[O-].[Na+].[Na+]. The topological polar surface area (TPSA) is 191 Å². The monoisotopic (exact) mass is 560 g/mol.